The zero-order valence-corrected chi connectivity index (χ0v) is 35.7. The number of imidazole rings is 2. The summed E-state index contributed by atoms with van der Waals surface area (Å²) in [5.41, 5.74) is 12.3. The van der Waals surface area contributed by atoms with Gasteiger partial charge in [0.15, 0.2) is 0 Å². The second kappa shape index (κ2) is 17.1. The number of rotatable bonds is 11. The maximum absolute atomic E-state index is 13.8. The largest absolute Gasteiger partial charge is 0.453 e. The lowest BCUT2D eigenvalue weighted by Crippen LogP contribution is -2.51. The molecule has 2 saturated heterocycles. The number of ether oxygens (including phenoxy) is 2. The predicted molar refractivity (Wildman–Crippen MR) is 227 cm³/mol. The molecule has 2 aromatic carbocycles. The van der Waals surface area contributed by atoms with Crippen LogP contribution in [0.2, 0.25) is 0 Å². The van der Waals surface area contributed by atoms with E-state index in [1.165, 1.54) is 47.6 Å². The van der Waals surface area contributed by atoms with E-state index in [4.69, 9.17) is 19.4 Å². The minimum Gasteiger partial charge on any atom is -0.453 e. The van der Waals surface area contributed by atoms with Crippen LogP contribution >= 0.6 is 0 Å². The average molecular weight is 819 g/mol. The lowest BCUT2D eigenvalue weighted by atomic mass is 9.87. The minimum absolute atomic E-state index is 0.101. The first kappa shape index (κ1) is 41.1. The number of carbonyl (C=O) groups is 4. The summed E-state index contributed by atoms with van der Waals surface area (Å²) in [4.78, 5) is 72.3. The summed E-state index contributed by atoms with van der Waals surface area (Å²) in [6.07, 6.45) is 12.1. The van der Waals surface area contributed by atoms with Gasteiger partial charge < -0.3 is 39.9 Å². The van der Waals surface area contributed by atoms with Gasteiger partial charge in [-0.15, -0.1) is 0 Å². The molecule has 0 unspecified atom stereocenters. The lowest BCUT2D eigenvalue weighted by molar-refractivity contribution is -0.136. The van der Waals surface area contributed by atoms with Crippen LogP contribution in [-0.4, -0.2) is 93.1 Å². The highest BCUT2D eigenvalue weighted by Gasteiger charge is 2.39. The van der Waals surface area contributed by atoms with Crippen LogP contribution in [0.25, 0.3) is 33.6 Å². The Morgan fingerprint density at radius 2 is 0.967 bits per heavy atom. The quantitative estimate of drug-likeness (QED) is 0.123. The number of fused-ring (bicyclic) bond motifs is 2. The maximum atomic E-state index is 13.8. The molecule has 14 nitrogen and oxygen atoms in total. The van der Waals surface area contributed by atoms with E-state index in [1.54, 1.807) is 0 Å². The number of H-pyrrole nitrogens is 2. The van der Waals surface area contributed by atoms with Gasteiger partial charge in [-0.2, -0.15) is 0 Å². The van der Waals surface area contributed by atoms with Gasteiger partial charge in [0, 0.05) is 24.2 Å². The van der Waals surface area contributed by atoms with Crippen LogP contribution in [0, 0.1) is 11.8 Å². The molecule has 2 fully saturated rings. The fourth-order valence-corrected chi connectivity index (χ4v) is 10.1. The van der Waals surface area contributed by atoms with Gasteiger partial charge in [-0.1, -0.05) is 52.0 Å². The number of amides is 4. The molecule has 8 rings (SSSR count). The van der Waals surface area contributed by atoms with Crippen LogP contribution in [0.3, 0.4) is 0 Å². The Bertz CT molecular complexity index is 2120. The summed E-state index contributed by atoms with van der Waals surface area (Å²) in [5.74, 6) is 1.10. The summed E-state index contributed by atoms with van der Waals surface area (Å²) < 4.78 is 9.62. The number of benzene rings is 2. The van der Waals surface area contributed by atoms with Crippen molar-refractivity contribution in [3.05, 3.63) is 70.6 Å². The van der Waals surface area contributed by atoms with Gasteiger partial charge in [-0.05, 0) is 109 Å². The topological polar surface area (TPSA) is 175 Å². The first-order valence-corrected chi connectivity index (χ1v) is 21.7. The average Bonchev–Trinajstić information content (AvgIpc) is 4.10. The third kappa shape index (κ3) is 7.64. The van der Waals surface area contributed by atoms with E-state index in [0.717, 1.165) is 98.4 Å². The summed E-state index contributed by atoms with van der Waals surface area (Å²) in [6, 6.07) is 7.28. The number of hydrogen-bond acceptors (Lipinski definition) is 8. The van der Waals surface area contributed by atoms with Crippen molar-refractivity contribution in [2.75, 3.05) is 27.3 Å². The molecule has 4 amide bonds. The smallest absolute Gasteiger partial charge is 0.407 e. The van der Waals surface area contributed by atoms with E-state index in [9.17, 15) is 19.2 Å². The van der Waals surface area contributed by atoms with Crippen molar-refractivity contribution in [2.45, 2.75) is 116 Å². The molecule has 4 aliphatic rings. The fourth-order valence-electron chi connectivity index (χ4n) is 10.1. The number of hydrogen-bond donors (Lipinski definition) is 4. The molecule has 0 spiro atoms. The summed E-state index contributed by atoms with van der Waals surface area (Å²) >= 11 is 0. The number of likely N-dealkylation sites (tertiary alicyclic amines) is 2. The molecule has 14 heteroatoms. The molecule has 2 aromatic heterocycles. The summed E-state index contributed by atoms with van der Waals surface area (Å²) in [6.45, 7) is 8.90. The first-order valence-electron chi connectivity index (χ1n) is 21.7. The molecule has 0 bridgehead atoms. The molecule has 4 heterocycles. The van der Waals surface area contributed by atoms with Crippen LogP contribution < -0.4 is 10.6 Å². The number of aromatic nitrogens is 4. The molecule has 318 valence electrons. The second-order valence-electron chi connectivity index (χ2n) is 17.4. The minimum atomic E-state index is -0.683. The zero-order valence-electron chi connectivity index (χ0n) is 35.7. The van der Waals surface area contributed by atoms with Gasteiger partial charge in [0.05, 0.1) is 50.1 Å². The van der Waals surface area contributed by atoms with Gasteiger partial charge in [-0.3, -0.25) is 9.59 Å². The van der Waals surface area contributed by atoms with Crippen molar-refractivity contribution in [1.29, 1.82) is 0 Å². The van der Waals surface area contributed by atoms with Crippen molar-refractivity contribution in [2.24, 2.45) is 11.8 Å². The van der Waals surface area contributed by atoms with Gasteiger partial charge >= 0.3 is 12.2 Å². The molecule has 4 N–H and O–H groups in total. The van der Waals surface area contributed by atoms with E-state index in [0.29, 0.717) is 13.1 Å². The van der Waals surface area contributed by atoms with Gasteiger partial charge in [0.25, 0.3) is 0 Å². The normalized spacial score (nSPS) is 19.4. The fraction of sp³-hybridized carbons (Fsp3) is 0.522. The first-order chi connectivity index (χ1) is 29.0. The number of aromatic amines is 2. The van der Waals surface area contributed by atoms with Crippen molar-refractivity contribution < 1.29 is 28.7 Å². The number of nitrogens with one attached hydrogen (secondary N) is 4. The van der Waals surface area contributed by atoms with E-state index < -0.39 is 24.3 Å². The molecule has 2 aliphatic carbocycles. The van der Waals surface area contributed by atoms with Crippen molar-refractivity contribution in [3.63, 3.8) is 0 Å². The molecule has 60 heavy (non-hydrogen) atoms. The summed E-state index contributed by atoms with van der Waals surface area (Å²) in [5, 5.41) is 5.47. The number of carbonyl (C=O) groups excluding carboxylic acids is 4. The van der Waals surface area contributed by atoms with E-state index in [2.05, 4.69) is 44.9 Å². The SMILES string of the molecule is COC(=O)N[C@H](C(=O)N1CCC[C@@H]1c1ncc(-c2ccc(-c3ccc(-c4cnc([C@@H]5CCCN5C(=O)[C@@H](NC(=O)OC)C(C)C)[nH]4)c4c3CCC4)c3c2CCC3)[nH]1)C(C)C. The zero-order chi connectivity index (χ0) is 42.2. The number of nitrogens with zero attached hydrogens (tertiary/aromatic N) is 4. The Hall–Kier alpha value is -5.66. The third-order valence-electron chi connectivity index (χ3n) is 13.1. The Morgan fingerprint density at radius 3 is 1.33 bits per heavy atom. The van der Waals surface area contributed by atoms with Crippen LogP contribution in [0.4, 0.5) is 9.59 Å². The maximum Gasteiger partial charge on any atom is 0.407 e. The van der Waals surface area contributed by atoms with Gasteiger partial charge in [0.1, 0.15) is 23.7 Å². The summed E-state index contributed by atoms with van der Waals surface area (Å²) in [7, 11) is 2.61. The van der Waals surface area contributed by atoms with Gasteiger partial charge in [-0.25, -0.2) is 19.6 Å². The monoisotopic (exact) mass is 818 g/mol. The van der Waals surface area contributed by atoms with Crippen molar-refractivity contribution in [1.82, 2.24) is 40.4 Å². The Labute approximate surface area is 351 Å². The molecule has 4 aromatic rings. The standard InChI is InChI=1S/C46H58N8O6/c1-25(2)39(51-45(57)59-5)43(55)53-21-9-15-37(53)41-47-23-35(49-41)33-19-17-31(27-11-7-13-29(27)33)32-18-20-34(30-14-8-12-28(30)32)36-24-48-42(50-36)38-16-10-22-54(38)44(56)40(26(3)4)52-46(58)60-6/h17-20,23-26,37-40H,7-16,21-22H2,1-6H3,(H,47,49)(H,48,50)(H,51,57)(H,52,58)/t37-,38+,39-,40-/m0/s1. The number of alkyl carbamates (subject to hydrolysis) is 2. The molecular weight excluding hydrogens is 761 g/mol. The van der Waals surface area contributed by atoms with E-state index in [-0.39, 0.29) is 35.7 Å². The Kier molecular flexibility index (Phi) is 11.7. The highest BCUT2D eigenvalue weighted by Crippen LogP contribution is 2.44. The van der Waals surface area contributed by atoms with Crippen LogP contribution in [0.15, 0.2) is 36.7 Å². The number of methoxy groups -OCH3 is 2. The van der Waals surface area contributed by atoms with Crippen molar-refractivity contribution >= 4 is 24.0 Å². The molecular formula is C46H58N8O6. The lowest BCUT2D eigenvalue weighted by Gasteiger charge is -2.30. The Balaban J connectivity index is 1.04. The molecule has 2 aliphatic heterocycles. The molecule has 0 saturated carbocycles. The Morgan fingerprint density at radius 1 is 0.600 bits per heavy atom. The highest BCUT2D eigenvalue weighted by atomic mass is 16.5. The van der Waals surface area contributed by atoms with E-state index >= 15 is 0 Å². The third-order valence-corrected chi connectivity index (χ3v) is 13.1. The molecule has 0 radical (unpaired) electrons. The predicted octanol–water partition coefficient (Wildman–Crippen LogP) is 7.20. The van der Waals surface area contributed by atoms with Crippen LogP contribution in [0.1, 0.15) is 112 Å². The van der Waals surface area contributed by atoms with Crippen LogP contribution in [-0.2, 0) is 44.7 Å². The van der Waals surface area contributed by atoms with Crippen molar-refractivity contribution in [3.8, 4) is 33.6 Å². The van der Waals surface area contributed by atoms with Gasteiger partial charge in [0.2, 0.25) is 11.8 Å². The van der Waals surface area contributed by atoms with Crippen LogP contribution in [0.5, 0.6) is 0 Å². The molecule has 4 atom stereocenters. The highest BCUT2D eigenvalue weighted by molar-refractivity contribution is 5.88. The van der Waals surface area contributed by atoms with E-state index in [1.807, 2.05) is 49.9 Å². The second-order valence-corrected chi connectivity index (χ2v) is 17.4.